The van der Waals surface area contributed by atoms with Gasteiger partial charge in [-0.05, 0) is 36.4 Å². The number of anilines is 3. The summed E-state index contributed by atoms with van der Waals surface area (Å²) in [6.07, 6.45) is 4.62. The number of methoxy groups -OCH3 is 4. The molecule has 0 aliphatic rings. The molecule has 0 atom stereocenters. The fourth-order valence-corrected chi connectivity index (χ4v) is 6.05. The Morgan fingerprint density at radius 1 is 0.783 bits per heavy atom. The number of nitrogens with one attached hydrogen (secondary N) is 2. The van der Waals surface area contributed by atoms with E-state index in [1.54, 1.807) is 76.4 Å². The number of aromatic nitrogens is 5. The van der Waals surface area contributed by atoms with Gasteiger partial charge in [0.25, 0.3) is 10.0 Å². The third kappa shape index (κ3) is 7.74. The van der Waals surface area contributed by atoms with Crippen LogP contribution in [0, 0.1) is 0 Å². The fourth-order valence-electron chi connectivity index (χ4n) is 4.06. The van der Waals surface area contributed by atoms with E-state index in [-0.39, 0.29) is 17.3 Å². The van der Waals surface area contributed by atoms with Crippen LogP contribution in [0.1, 0.15) is 0 Å². The first kappa shape index (κ1) is 34.2. The largest absolute Gasteiger partial charge is 0.493 e. The summed E-state index contributed by atoms with van der Waals surface area (Å²) in [5, 5.41) is 7.02. The fraction of sp³-hybridized carbons (Fsp3) is 0.138. The van der Waals surface area contributed by atoms with Crippen molar-refractivity contribution in [2.45, 2.75) is 4.90 Å². The molecule has 0 aliphatic carbocycles. The molecule has 3 heterocycles. The number of hydrogen-bond donors (Lipinski definition) is 2. The highest BCUT2D eigenvalue weighted by molar-refractivity contribution is 7.93. The monoisotopic (exact) mass is 703 g/mol. The van der Waals surface area contributed by atoms with Crippen molar-refractivity contribution in [1.82, 2.24) is 24.9 Å². The Balaban J connectivity index is 0.000000253. The number of hydrogen-bond acceptors (Lipinski definition) is 13. The van der Waals surface area contributed by atoms with Gasteiger partial charge in [-0.1, -0.05) is 11.6 Å². The van der Waals surface area contributed by atoms with Crippen molar-refractivity contribution in [1.29, 1.82) is 0 Å². The van der Waals surface area contributed by atoms with Crippen molar-refractivity contribution < 1.29 is 27.4 Å². The van der Waals surface area contributed by atoms with Gasteiger partial charge in [0.15, 0.2) is 28.1 Å². The normalized spacial score (nSPS) is 10.7. The molecule has 46 heavy (non-hydrogen) atoms. The lowest BCUT2D eigenvalue weighted by Gasteiger charge is -2.10. The highest BCUT2D eigenvalue weighted by Crippen LogP contribution is 2.34. The smallest absolute Gasteiger partial charge is 0.263 e. The quantitative estimate of drug-likeness (QED) is 0.160. The van der Waals surface area contributed by atoms with Crippen LogP contribution >= 0.6 is 35.3 Å². The van der Waals surface area contributed by atoms with Crippen molar-refractivity contribution in [3.05, 3.63) is 77.8 Å². The van der Waals surface area contributed by atoms with Gasteiger partial charge < -0.3 is 24.3 Å². The van der Waals surface area contributed by atoms with Crippen molar-refractivity contribution in [2.24, 2.45) is 0 Å². The highest BCUT2D eigenvalue weighted by atomic mass is 35.5. The summed E-state index contributed by atoms with van der Waals surface area (Å²) in [4.78, 5) is 20.8. The number of ether oxygens (including phenoxy) is 4. The van der Waals surface area contributed by atoms with Crippen molar-refractivity contribution in [2.75, 3.05) is 38.5 Å². The minimum atomic E-state index is -3.70. The van der Waals surface area contributed by atoms with Gasteiger partial charge in [0, 0.05) is 46.4 Å². The molecule has 0 bridgehead atoms. The third-order valence-corrected chi connectivity index (χ3v) is 8.73. The Morgan fingerprint density at radius 3 is 2.04 bits per heavy atom. The molecule has 0 radical (unpaired) electrons. The van der Waals surface area contributed by atoms with E-state index in [1.807, 2.05) is 0 Å². The van der Waals surface area contributed by atoms with Gasteiger partial charge >= 0.3 is 0 Å². The molecule has 6 rings (SSSR count). The van der Waals surface area contributed by atoms with Gasteiger partial charge in [-0.3, -0.25) is 4.72 Å². The molecule has 0 aliphatic heterocycles. The molecule has 3 aromatic heterocycles. The van der Waals surface area contributed by atoms with Crippen LogP contribution in [-0.4, -0.2) is 61.8 Å². The third-order valence-electron chi connectivity index (χ3n) is 6.25. The van der Waals surface area contributed by atoms with Crippen LogP contribution in [0.5, 0.6) is 23.0 Å². The minimum Gasteiger partial charge on any atom is -0.493 e. The standard InChI is InChI=1S/C19H17N5O4S2.C10H9ClN2O2.ClH/c1-27-16-9-12-11-21-18(23-15(12)10-17(16)28-2)22-13-3-5-14(6-4-13)30(25,26)24-19-20-7-8-29-19;1-14-8-3-6-7(4-9(8)15-2)12-5-13-10(6)11;/h3-11H,1-2H3,(H,20,24)(H,21,22,23);3-5H,1-2H3;1H. The first-order valence-corrected chi connectivity index (χ1v) is 15.7. The van der Waals surface area contributed by atoms with Gasteiger partial charge in [-0.2, -0.15) is 0 Å². The molecule has 2 N–H and O–H groups in total. The van der Waals surface area contributed by atoms with E-state index in [0.717, 1.165) is 16.3 Å². The lowest BCUT2D eigenvalue weighted by atomic mass is 10.2. The number of benzene rings is 3. The SMILES string of the molecule is COc1cc2cnc(Nc3ccc(S(=O)(=O)Nc4nccs4)cc3)nc2cc1OC.COc1cc2ncnc(Cl)c2cc1OC.Cl. The second-order valence-corrected chi connectivity index (χ2v) is 11.9. The van der Waals surface area contributed by atoms with Gasteiger partial charge in [0.1, 0.15) is 11.5 Å². The van der Waals surface area contributed by atoms with E-state index in [9.17, 15) is 8.42 Å². The number of fused-ring (bicyclic) bond motifs is 2. The van der Waals surface area contributed by atoms with Crippen LogP contribution in [0.4, 0.5) is 16.8 Å². The zero-order chi connectivity index (χ0) is 32.0. The Bertz CT molecular complexity index is 2050. The van der Waals surface area contributed by atoms with E-state index in [0.29, 0.717) is 50.4 Å². The molecule has 0 spiro atoms. The van der Waals surface area contributed by atoms with E-state index < -0.39 is 10.0 Å². The summed E-state index contributed by atoms with van der Waals surface area (Å²) in [5.74, 6) is 2.77. The maximum atomic E-state index is 12.4. The molecule has 0 amide bonds. The summed E-state index contributed by atoms with van der Waals surface area (Å²) in [6.45, 7) is 0. The van der Waals surface area contributed by atoms with Crippen LogP contribution in [0.25, 0.3) is 21.8 Å². The predicted octanol–water partition coefficient (Wildman–Crippen LogP) is 6.37. The first-order chi connectivity index (χ1) is 21.7. The van der Waals surface area contributed by atoms with Crippen LogP contribution in [0.2, 0.25) is 5.15 Å². The van der Waals surface area contributed by atoms with Crippen LogP contribution in [0.3, 0.4) is 0 Å². The Morgan fingerprint density at radius 2 is 1.41 bits per heavy atom. The maximum Gasteiger partial charge on any atom is 0.263 e. The molecule has 17 heteroatoms. The lowest BCUT2D eigenvalue weighted by molar-refractivity contribution is 0.356. The Labute approximate surface area is 279 Å². The van der Waals surface area contributed by atoms with Gasteiger partial charge in [0.05, 0.1) is 44.4 Å². The zero-order valence-electron chi connectivity index (χ0n) is 24.7. The molecule has 3 aromatic carbocycles. The average molecular weight is 705 g/mol. The second kappa shape index (κ2) is 15.1. The second-order valence-electron chi connectivity index (χ2n) is 8.94. The van der Waals surface area contributed by atoms with Crippen molar-refractivity contribution in [3.8, 4) is 23.0 Å². The number of sulfonamides is 1. The molecular weight excluding hydrogens is 677 g/mol. The molecule has 0 saturated carbocycles. The Hall–Kier alpha value is -4.70. The molecule has 240 valence electrons. The van der Waals surface area contributed by atoms with Gasteiger partial charge in [-0.15, -0.1) is 23.7 Å². The topological polar surface area (TPSA) is 160 Å². The Kier molecular flexibility index (Phi) is 11.2. The van der Waals surface area contributed by atoms with E-state index >= 15 is 0 Å². The molecule has 6 aromatic rings. The van der Waals surface area contributed by atoms with E-state index in [4.69, 9.17) is 30.5 Å². The van der Waals surface area contributed by atoms with Crippen molar-refractivity contribution in [3.63, 3.8) is 0 Å². The van der Waals surface area contributed by atoms with Crippen LogP contribution in [-0.2, 0) is 10.0 Å². The van der Waals surface area contributed by atoms with Crippen LogP contribution < -0.4 is 29.0 Å². The summed E-state index contributed by atoms with van der Waals surface area (Å²) >= 11 is 7.14. The molecule has 0 saturated heterocycles. The molecule has 0 unspecified atom stereocenters. The first-order valence-electron chi connectivity index (χ1n) is 12.9. The minimum absolute atomic E-state index is 0. The number of thiazole rings is 1. The van der Waals surface area contributed by atoms with E-state index in [2.05, 4.69) is 35.0 Å². The summed E-state index contributed by atoms with van der Waals surface area (Å²) in [6, 6.07) is 13.4. The van der Waals surface area contributed by atoms with E-state index in [1.165, 1.54) is 36.0 Å². The average Bonchev–Trinajstić information content (AvgIpc) is 3.56. The molecular formula is C29H27Cl2N7O6S2. The predicted molar refractivity (Wildman–Crippen MR) is 180 cm³/mol. The van der Waals surface area contributed by atoms with Gasteiger partial charge in [-0.25, -0.2) is 33.3 Å². The highest BCUT2D eigenvalue weighted by Gasteiger charge is 2.16. The summed E-state index contributed by atoms with van der Waals surface area (Å²) < 4.78 is 48.2. The number of halogens is 2. The van der Waals surface area contributed by atoms with Crippen LogP contribution in [0.15, 0.2) is 77.5 Å². The number of rotatable bonds is 9. The van der Waals surface area contributed by atoms with Gasteiger partial charge in [0.2, 0.25) is 5.95 Å². The zero-order valence-corrected chi connectivity index (χ0v) is 27.9. The molecule has 0 fully saturated rings. The van der Waals surface area contributed by atoms with Crippen molar-refractivity contribution >= 4 is 83.9 Å². The number of nitrogens with zero attached hydrogens (tertiary/aromatic N) is 5. The summed E-state index contributed by atoms with van der Waals surface area (Å²) in [5.41, 5.74) is 2.05. The summed E-state index contributed by atoms with van der Waals surface area (Å²) in [7, 11) is 2.57. The molecule has 13 nitrogen and oxygen atoms in total. The lowest BCUT2D eigenvalue weighted by Crippen LogP contribution is -2.12. The maximum absolute atomic E-state index is 12.4.